The summed E-state index contributed by atoms with van der Waals surface area (Å²) >= 11 is 1.23. The Hall–Kier alpha value is -3.18. The van der Waals surface area contributed by atoms with E-state index in [4.69, 9.17) is 0 Å². The van der Waals surface area contributed by atoms with Gasteiger partial charge in [0.25, 0.3) is 11.8 Å². The molecule has 1 aliphatic heterocycles. The Labute approximate surface area is 193 Å². The molecule has 2 heterocycles. The number of carbonyl (C=O) groups excluding carboxylic acids is 2. The van der Waals surface area contributed by atoms with E-state index in [0.29, 0.717) is 34.8 Å². The Bertz CT molecular complexity index is 1020. The summed E-state index contributed by atoms with van der Waals surface area (Å²) in [4.78, 5) is 34.7. The third-order valence-corrected chi connectivity index (χ3v) is 6.33. The number of nitriles is 1. The maximum absolute atomic E-state index is 13.3. The van der Waals surface area contributed by atoms with Crippen LogP contribution in [0.2, 0.25) is 0 Å². The molecule has 2 aromatic rings. The van der Waals surface area contributed by atoms with Crippen molar-refractivity contribution in [1.29, 1.82) is 5.26 Å². The van der Waals surface area contributed by atoms with Gasteiger partial charge in [-0.15, -0.1) is 11.3 Å². The predicted octanol–water partition coefficient (Wildman–Crippen LogP) is 4.18. The van der Waals surface area contributed by atoms with Crippen LogP contribution in [0.15, 0.2) is 34.6 Å². The number of piperidine rings is 1. The smallest absolute Gasteiger partial charge is 0.266 e. The van der Waals surface area contributed by atoms with Crippen LogP contribution in [-0.2, 0) is 6.54 Å². The van der Waals surface area contributed by atoms with E-state index in [0.717, 1.165) is 37.9 Å². The lowest BCUT2D eigenvalue weighted by Gasteiger charge is -2.24. The van der Waals surface area contributed by atoms with E-state index in [9.17, 15) is 14.9 Å². The Morgan fingerprint density at radius 3 is 2.75 bits per heavy atom. The van der Waals surface area contributed by atoms with Gasteiger partial charge in [0.2, 0.25) is 0 Å². The molecule has 1 aromatic heterocycles. The van der Waals surface area contributed by atoms with Crippen LogP contribution in [0.4, 0.5) is 5.69 Å². The van der Waals surface area contributed by atoms with E-state index in [1.54, 1.807) is 35.8 Å². The largest absolute Gasteiger partial charge is 0.363 e. The third-order valence-electron chi connectivity index (χ3n) is 5.37. The van der Waals surface area contributed by atoms with E-state index in [1.165, 1.54) is 17.8 Å². The van der Waals surface area contributed by atoms with Crippen LogP contribution in [0, 0.1) is 11.3 Å². The van der Waals surface area contributed by atoms with Crippen molar-refractivity contribution < 1.29 is 9.59 Å². The maximum atomic E-state index is 13.3. The van der Waals surface area contributed by atoms with Crippen LogP contribution >= 0.6 is 11.3 Å². The molecule has 0 atom stereocenters. The van der Waals surface area contributed by atoms with E-state index in [2.05, 4.69) is 21.3 Å². The van der Waals surface area contributed by atoms with Crippen molar-refractivity contribution >= 4 is 35.2 Å². The monoisotopic (exact) mass is 451 g/mol. The normalized spacial score (nSPS) is 13.7. The highest BCUT2D eigenvalue weighted by Gasteiger charge is 2.24. The molecule has 1 N–H and O–H groups in total. The Balaban J connectivity index is 1.87. The molecule has 0 saturated carbocycles. The van der Waals surface area contributed by atoms with E-state index < -0.39 is 0 Å². The van der Waals surface area contributed by atoms with Crippen molar-refractivity contribution in [1.82, 2.24) is 15.1 Å². The second kappa shape index (κ2) is 11.4. The lowest BCUT2D eigenvalue weighted by Crippen LogP contribution is -2.28. The van der Waals surface area contributed by atoms with E-state index >= 15 is 0 Å². The Morgan fingerprint density at radius 1 is 1.28 bits per heavy atom. The fraction of sp³-hybridized carbons (Fsp3) is 0.417. The second-order valence-corrected chi connectivity index (χ2v) is 8.73. The summed E-state index contributed by atoms with van der Waals surface area (Å²) in [6.45, 7) is 4.72. The molecule has 8 heteroatoms. The second-order valence-electron chi connectivity index (χ2n) is 7.85. The van der Waals surface area contributed by atoms with Gasteiger partial charge in [0.05, 0.1) is 23.5 Å². The van der Waals surface area contributed by atoms with Crippen molar-refractivity contribution in [3.05, 3.63) is 51.2 Å². The maximum Gasteiger partial charge on any atom is 0.266 e. The van der Waals surface area contributed by atoms with E-state index in [-0.39, 0.29) is 11.8 Å². The summed E-state index contributed by atoms with van der Waals surface area (Å²) in [5.41, 5.74) is 2.16. The zero-order valence-corrected chi connectivity index (χ0v) is 19.5. The number of rotatable bonds is 8. The molecule has 3 rings (SSSR count). The SMILES string of the molecule is CCCNC(=O)c1csc(C(=O)N(C)Cc2ccccc2C#N)c1N=CN1CCCCC1. The third kappa shape index (κ3) is 5.74. The molecule has 2 amide bonds. The van der Waals surface area contributed by atoms with Gasteiger partial charge in [0.1, 0.15) is 10.6 Å². The Morgan fingerprint density at radius 2 is 2.03 bits per heavy atom. The molecule has 1 saturated heterocycles. The summed E-state index contributed by atoms with van der Waals surface area (Å²) in [7, 11) is 1.70. The molecule has 0 unspecified atom stereocenters. The average Bonchev–Trinajstić information content (AvgIpc) is 3.25. The number of aliphatic imine (C=N–C) groups is 1. The van der Waals surface area contributed by atoms with Crippen LogP contribution in [-0.4, -0.2) is 54.6 Å². The zero-order chi connectivity index (χ0) is 22.9. The lowest BCUT2D eigenvalue weighted by molar-refractivity contribution is 0.0790. The van der Waals surface area contributed by atoms with Crippen molar-refractivity contribution in [2.75, 3.05) is 26.7 Å². The van der Waals surface area contributed by atoms with Gasteiger partial charge in [-0.3, -0.25) is 9.59 Å². The topological polar surface area (TPSA) is 88.8 Å². The first-order chi connectivity index (χ1) is 15.5. The quantitative estimate of drug-likeness (QED) is 0.482. The van der Waals surface area contributed by atoms with Crippen LogP contribution in [0.5, 0.6) is 0 Å². The van der Waals surface area contributed by atoms with Gasteiger partial charge in [-0.1, -0.05) is 25.1 Å². The highest BCUT2D eigenvalue weighted by molar-refractivity contribution is 7.13. The highest BCUT2D eigenvalue weighted by Crippen LogP contribution is 2.32. The van der Waals surface area contributed by atoms with Gasteiger partial charge in [-0.25, -0.2) is 4.99 Å². The molecule has 0 bridgehead atoms. The number of carbonyl (C=O) groups is 2. The molecule has 0 aliphatic carbocycles. The molecule has 32 heavy (non-hydrogen) atoms. The fourth-order valence-corrected chi connectivity index (χ4v) is 4.55. The first-order valence-electron chi connectivity index (χ1n) is 11.0. The molecule has 1 aliphatic rings. The summed E-state index contributed by atoms with van der Waals surface area (Å²) in [5.74, 6) is -0.437. The molecule has 1 aromatic carbocycles. The van der Waals surface area contributed by atoms with Crippen molar-refractivity contribution in [3.63, 3.8) is 0 Å². The standard InChI is InChI=1S/C24H29N5O2S/c1-3-11-26-23(30)20-16-32-22(21(20)27-17-29-12-7-4-8-13-29)24(31)28(2)15-19-10-6-5-9-18(19)14-25/h5-6,9-10,16-17H,3-4,7-8,11-13,15H2,1-2H3,(H,26,30). The molecule has 0 radical (unpaired) electrons. The van der Waals surface area contributed by atoms with Crippen LogP contribution in [0.25, 0.3) is 0 Å². The molecular weight excluding hydrogens is 422 g/mol. The summed E-state index contributed by atoms with van der Waals surface area (Å²) < 4.78 is 0. The number of nitrogens with one attached hydrogen (secondary N) is 1. The minimum Gasteiger partial charge on any atom is -0.363 e. The minimum absolute atomic E-state index is 0.217. The van der Waals surface area contributed by atoms with Gasteiger partial charge in [-0.2, -0.15) is 5.26 Å². The lowest BCUT2D eigenvalue weighted by atomic mass is 10.1. The van der Waals surface area contributed by atoms with Crippen molar-refractivity contribution in [2.24, 2.45) is 4.99 Å². The molecule has 0 spiro atoms. The Kier molecular flexibility index (Phi) is 8.40. The fourth-order valence-electron chi connectivity index (χ4n) is 3.57. The number of nitrogens with zero attached hydrogens (tertiary/aromatic N) is 4. The van der Waals surface area contributed by atoms with Crippen LogP contribution < -0.4 is 5.32 Å². The van der Waals surface area contributed by atoms with Crippen LogP contribution in [0.1, 0.15) is 63.8 Å². The summed E-state index contributed by atoms with van der Waals surface area (Å²) in [6.07, 6.45) is 6.04. The van der Waals surface area contributed by atoms with Crippen LogP contribution in [0.3, 0.4) is 0 Å². The van der Waals surface area contributed by atoms with Crippen molar-refractivity contribution in [2.45, 2.75) is 39.2 Å². The number of hydrogen-bond acceptors (Lipinski definition) is 5. The predicted molar refractivity (Wildman–Crippen MR) is 127 cm³/mol. The first-order valence-corrected chi connectivity index (χ1v) is 11.8. The zero-order valence-electron chi connectivity index (χ0n) is 18.6. The highest BCUT2D eigenvalue weighted by atomic mass is 32.1. The molecule has 7 nitrogen and oxygen atoms in total. The van der Waals surface area contributed by atoms with Gasteiger partial charge in [0, 0.05) is 38.6 Å². The van der Waals surface area contributed by atoms with E-state index in [1.807, 2.05) is 19.1 Å². The van der Waals surface area contributed by atoms with Gasteiger partial charge in [0.15, 0.2) is 0 Å². The molecular formula is C24H29N5O2S. The summed E-state index contributed by atoms with van der Waals surface area (Å²) in [5, 5.41) is 13.9. The summed E-state index contributed by atoms with van der Waals surface area (Å²) in [6, 6.07) is 9.41. The first kappa shape index (κ1) is 23.5. The molecule has 168 valence electrons. The molecule has 1 fully saturated rings. The minimum atomic E-state index is -0.219. The van der Waals surface area contributed by atoms with Gasteiger partial charge in [-0.05, 0) is 37.3 Å². The van der Waals surface area contributed by atoms with Gasteiger partial charge < -0.3 is 15.1 Å². The number of benzene rings is 1. The average molecular weight is 452 g/mol. The van der Waals surface area contributed by atoms with Crippen molar-refractivity contribution in [3.8, 4) is 6.07 Å². The number of thiophene rings is 1. The number of amides is 2. The number of hydrogen-bond donors (Lipinski definition) is 1. The number of likely N-dealkylation sites (tertiary alicyclic amines) is 1. The van der Waals surface area contributed by atoms with Gasteiger partial charge >= 0.3 is 0 Å².